The van der Waals surface area contributed by atoms with E-state index in [2.05, 4.69) is 15.6 Å². The zero-order chi connectivity index (χ0) is 24.4. The fourth-order valence-corrected chi connectivity index (χ4v) is 3.41. The highest BCUT2D eigenvalue weighted by molar-refractivity contribution is 5.90. The monoisotopic (exact) mass is 467 g/mol. The number of aromatic nitrogens is 1. The third-order valence-electron chi connectivity index (χ3n) is 4.74. The second-order valence-corrected chi connectivity index (χ2v) is 7.46. The zero-order valence-electron chi connectivity index (χ0n) is 17.5. The minimum Gasteiger partial charge on any atom is -0.325 e. The summed E-state index contributed by atoms with van der Waals surface area (Å²) in [7, 11) is 0. The number of aryl methyl sites for hydroxylation is 2. The van der Waals surface area contributed by atoms with E-state index in [-0.39, 0.29) is 5.56 Å². The Hall–Kier alpha value is -3.56. The third-order valence-corrected chi connectivity index (χ3v) is 4.74. The van der Waals surface area contributed by atoms with E-state index < -0.39 is 41.2 Å². The molecule has 0 fully saturated rings. The molecular formula is C23H19F6N3O. The van der Waals surface area contributed by atoms with Crippen LogP contribution in [0.3, 0.4) is 0 Å². The van der Waals surface area contributed by atoms with E-state index in [1.807, 2.05) is 19.9 Å². The van der Waals surface area contributed by atoms with Crippen molar-refractivity contribution in [1.82, 2.24) is 10.3 Å². The van der Waals surface area contributed by atoms with Gasteiger partial charge in [-0.3, -0.25) is 4.98 Å². The van der Waals surface area contributed by atoms with Crippen molar-refractivity contribution in [3.05, 3.63) is 94.3 Å². The molecular weight excluding hydrogens is 448 g/mol. The van der Waals surface area contributed by atoms with E-state index in [0.717, 1.165) is 53.7 Å². The predicted octanol–water partition coefficient (Wildman–Crippen LogP) is 6.65. The highest BCUT2D eigenvalue weighted by Gasteiger charge is 2.37. The molecule has 0 radical (unpaired) electrons. The average molecular weight is 467 g/mol. The Balaban J connectivity index is 2.00. The fourth-order valence-electron chi connectivity index (χ4n) is 3.41. The van der Waals surface area contributed by atoms with E-state index in [0.29, 0.717) is 5.69 Å². The maximum atomic E-state index is 13.6. The number of benzene rings is 2. The molecule has 0 aliphatic carbocycles. The first-order valence-corrected chi connectivity index (χ1v) is 9.69. The maximum absolute atomic E-state index is 13.6. The lowest BCUT2D eigenvalue weighted by atomic mass is 9.98. The largest absolute Gasteiger partial charge is 0.418 e. The number of carbonyl (C=O) groups excluding carboxylic acids is 1. The number of urea groups is 1. The van der Waals surface area contributed by atoms with Crippen LogP contribution in [0.15, 0.2) is 60.8 Å². The molecule has 4 nitrogen and oxygen atoms in total. The number of rotatable bonds is 4. The minimum atomic E-state index is -4.79. The van der Waals surface area contributed by atoms with Gasteiger partial charge in [-0.1, -0.05) is 18.2 Å². The number of nitrogens with one attached hydrogen (secondary N) is 2. The average Bonchev–Trinajstić information content (AvgIpc) is 2.70. The SMILES string of the molecule is Cc1cc(C)cc(NC(=O)N[C@@H](c2ccc(C(F)(F)F)cc2)c2ncccc2C(F)(F)F)c1. The molecule has 1 atom stereocenters. The molecule has 0 saturated carbocycles. The number of amides is 2. The first kappa shape index (κ1) is 24.1. The van der Waals surface area contributed by atoms with Crippen LogP contribution in [-0.2, 0) is 12.4 Å². The Bertz CT molecular complexity index is 1120. The van der Waals surface area contributed by atoms with Crippen molar-refractivity contribution in [2.24, 2.45) is 0 Å². The summed E-state index contributed by atoms with van der Waals surface area (Å²) in [6.07, 6.45) is -8.30. The molecule has 174 valence electrons. The van der Waals surface area contributed by atoms with Gasteiger partial charge in [0.05, 0.1) is 22.9 Å². The molecule has 1 heterocycles. The molecule has 33 heavy (non-hydrogen) atoms. The van der Waals surface area contributed by atoms with Gasteiger partial charge in [0.2, 0.25) is 0 Å². The topological polar surface area (TPSA) is 54.0 Å². The maximum Gasteiger partial charge on any atom is 0.418 e. The Morgan fingerprint density at radius 1 is 0.879 bits per heavy atom. The van der Waals surface area contributed by atoms with E-state index in [4.69, 9.17) is 0 Å². The second kappa shape index (κ2) is 9.13. The molecule has 0 spiro atoms. The second-order valence-electron chi connectivity index (χ2n) is 7.46. The number of anilines is 1. The Kier molecular flexibility index (Phi) is 6.66. The number of hydrogen-bond acceptors (Lipinski definition) is 2. The number of halogens is 6. The quantitative estimate of drug-likeness (QED) is 0.423. The molecule has 0 unspecified atom stereocenters. The van der Waals surface area contributed by atoms with Gasteiger partial charge < -0.3 is 10.6 Å². The van der Waals surface area contributed by atoms with E-state index >= 15 is 0 Å². The molecule has 1 aromatic heterocycles. The van der Waals surface area contributed by atoms with Crippen LogP contribution < -0.4 is 10.6 Å². The van der Waals surface area contributed by atoms with Gasteiger partial charge in [-0.15, -0.1) is 0 Å². The first-order chi connectivity index (χ1) is 15.3. The summed E-state index contributed by atoms with van der Waals surface area (Å²) in [5.41, 5.74) is -0.498. The van der Waals surface area contributed by atoms with Gasteiger partial charge in [0.1, 0.15) is 0 Å². The van der Waals surface area contributed by atoms with Gasteiger partial charge in [0.15, 0.2) is 0 Å². The molecule has 3 rings (SSSR count). The highest BCUT2D eigenvalue weighted by atomic mass is 19.4. The number of carbonyl (C=O) groups is 1. The van der Waals surface area contributed by atoms with Gasteiger partial charge >= 0.3 is 18.4 Å². The van der Waals surface area contributed by atoms with Crippen LogP contribution >= 0.6 is 0 Å². The molecule has 2 aromatic carbocycles. The normalized spacial score (nSPS) is 12.8. The predicted molar refractivity (Wildman–Crippen MR) is 111 cm³/mol. The van der Waals surface area contributed by atoms with Crippen LogP contribution in [0.5, 0.6) is 0 Å². The number of hydrogen-bond donors (Lipinski definition) is 2. The van der Waals surface area contributed by atoms with Crippen LogP contribution in [-0.4, -0.2) is 11.0 Å². The van der Waals surface area contributed by atoms with Gasteiger partial charge in [-0.2, -0.15) is 26.3 Å². The van der Waals surface area contributed by atoms with Crippen molar-refractivity contribution in [1.29, 1.82) is 0 Å². The minimum absolute atomic E-state index is 0.00257. The molecule has 0 saturated heterocycles. The van der Waals surface area contributed by atoms with Crippen LogP contribution in [0.25, 0.3) is 0 Å². The lowest BCUT2D eigenvalue weighted by molar-refractivity contribution is -0.139. The molecule has 2 N–H and O–H groups in total. The Morgan fingerprint density at radius 2 is 1.48 bits per heavy atom. The van der Waals surface area contributed by atoms with Crippen molar-refractivity contribution in [2.45, 2.75) is 32.2 Å². The molecule has 0 bridgehead atoms. The molecule has 0 aliphatic rings. The summed E-state index contributed by atoms with van der Waals surface area (Å²) in [6, 6.07) is 8.29. The van der Waals surface area contributed by atoms with Gasteiger partial charge in [0, 0.05) is 11.9 Å². The van der Waals surface area contributed by atoms with Crippen LogP contribution in [0, 0.1) is 13.8 Å². The number of pyridine rings is 1. The lowest BCUT2D eigenvalue weighted by Gasteiger charge is -2.23. The lowest BCUT2D eigenvalue weighted by Crippen LogP contribution is -2.35. The summed E-state index contributed by atoms with van der Waals surface area (Å²) in [6.45, 7) is 3.62. The van der Waals surface area contributed by atoms with Crippen molar-refractivity contribution in [3.8, 4) is 0 Å². The first-order valence-electron chi connectivity index (χ1n) is 9.69. The summed E-state index contributed by atoms with van der Waals surface area (Å²) in [5, 5.41) is 4.96. The van der Waals surface area contributed by atoms with Crippen molar-refractivity contribution in [3.63, 3.8) is 0 Å². The van der Waals surface area contributed by atoms with Gasteiger partial charge in [-0.05, 0) is 66.9 Å². The summed E-state index contributed by atoms with van der Waals surface area (Å²) >= 11 is 0. The van der Waals surface area contributed by atoms with Crippen LogP contribution in [0.1, 0.15) is 39.6 Å². The van der Waals surface area contributed by atoms with Gasteiger partial charge in [-0.25, -0.2) is 4.79 Å². The highest BCUT2D eigenvalue weighted by Crippen LogP contribution is 2.36. The van der Waals surface area contributed by atoms with Crippen LogP contribution in [0.4, 0.5) is 36.8 Å². The fraction of sp³-hybridized carbons (Fsp3) is 0.217. The summed E-state index contributed by atoms with van der Waals surface area (Å²) in [4.78, 5) is 16.5. The summed E-state index contributed by atoms with van der Waals surface area (Å²) < 4.78 is 79.6. The third kappa shape index (κ3) is 6.03. The summed E-state index contributed by atoms with van der Waals surface area (Å²) in [5.74, 6) is 0. The number of alkyl halides is 6. The van der Waals surface area contributed by atoms with E-state index in [1.54, 1.807) is 12.1 Å². The molecule has 2 amide bonds. The van der Waals surface area contributed by atoms with Crippen LogP contribution in [0.2, 0.25) is 0 Å². The standard InChI is InChI=1S/C23H19F6N3O/c1-13-10-14(2)12-17(11-13)31-21(33)32-19(15-5-7-16(8-6-15)22(24,25)26)20-18(23(27,28)29)4-3-9-30-20/h3-12,19H,1-2H3,(H2,31,32,33)/t19-/m0/s1. The smallest absolute Gasteiger partial charge is 0.325 e. The Morgan fingerprint density at radius 3 is 2.03 bits per heavy atom. The van der Waals surface area contributed by atoms with Crippen molar-refractivity contribution in [2.75, 3.05) is 5.32 Å². The number of nitrogens with zero attached hydrogens (tertiary/aromatic N) is 1. The van der Waals surface area contributed by atoms with Crippen molar-refractivity contribution >= 4 is 11.7 Å². The van der Waals surface area contributed by atoms with E-state index in [1.165, 1.54) is 0 Å². The zero-order valence-corrected chi connectivity index (χ0v) is 17.5. The molecule has 0 aliphatic heterocycles. The van der Waals surface area contributed by atoms with Crippen molar-refractivity contribution < 1.29 is 31.1 Å². The molecule has 3 aromatic rings. The van der Waals surface area contributed by atoms with E-state index in [9.17, 15) is 31.1 Å². The molecule has 10 heteroatoms. The van der Waals surface area contributed by atoms with Gasteiger partial charge in [0.25, 0.3) is 0 Å². The Labute approximate surface area is 185 Å².